The summed E-state index contributed by atoms with van der Waals surface area (Å²) in [4.78, 5) is 2.26. The van der Waals surface area contributed by atoms with E-state index in [2.05, 4.69) is 10.00 Å². The topological polar surface area (TPSA) is 58.4 Å². The molecule has 1 aromatic heterocycles. The SMILES string of the molecule is CS(=O)(=O)N1CCN(Cc2cnn(-c3ccccc3)c2)CC1. The predicted octanol–water partition coefficient (Wildman–Crippen LogP) is 0.949. The number of aromatic nitrogens is 2. The fourth-order valence-electron chi connectivity index (χ4n) is 2.64. The van der Waals surface area contributed by atoms with Crippen LogP contribution in [0.2, 0.25) is 0 Å². The first kappa shape index (κ1) is 15.2. The van der Waals surface area contributed by atoms with Crippen LogP contribution in [0, 0.1) is 0 Å². The summed E-state index contributed by atoms with van der Waals surface area (Å²) >= 11 is 0. The number of rotatable bonds is 4. The van der Waals surface area contributed by atoms with Crippen LogP contribution in [0.4, 0.5) is 0 Å². The van der Waals surface area contributed by atoms with E-state index in [-0.39, 0.29) is 0 Å². The fraction of sp³-hybridized carbons (Fsp3) is 0.400. The lowest BCUT2D eigenvalue weighted by molar-refractivity contribution is 0.182. The van der Waals surface area contributed by atoms with E-state index in [1.807, 2.05) is 47.4 Å². The third-order valence-corrected chi connectivity index (χ3v) is 5.17. The lowest BCUT2D eigenvalue weighted by atomic mass is 10.3. The molecule has 0 N–H and O–H groups in total. The highest BCUT2D eigenvalue weighted by atomic mass is 32.2. The number of benzene rings is 1. The Kier molecular flexibility index (Phi) is 4.28. The second-order valence-electron chi connectivity index (χ2n) is 5.57. The Bertz CT molecular complexity index is 719. The first-order valence-corrected chi connectivity index (χ1v) is 9.14. The minimum Gasteiger partial charge on any atom is -0.296 e. The number of hydrogen-bond acceptors (Lipinski definition) is 4. The average Bonchev–Trinajstić information content (AvgIpc) is 2.96. The molecule has 0 aliphatic carbocycles. The minimum atomic E-state index is -3.06. The Labute approximate surface area is 131 Å². The maximum atomic E-state index is 11.5. The van der Waals surface area contributed by atoms with Crippen LogP contribution in [0.3, 0.4) is 0 Å². The zero-order valence-corrected chi connectivity index (χ0v) is 13.4. The maximum Gasteiger partial charge on any atom is 0.211 e. The highest BCUT2D eigenvalue weighted by Gasteiger charge is 2.23. The summed E-state index contributed by atoms with van der Waals surface area (Å²) in [6, 6.07) is 9.99. The van der Waals surface area contributed by atoms with Gasteiger partial charge in [-0.2, -0.15) is 9.40 Å². The van der Waals surface area contributed by atoms with Crippen LogP contribution in [0.25, 0.3) is 5.69 Å². The zero-order chi connectivity index (χ0) is 15.6. The molecule has 0 amide bonds. The normalized spacial score (nSPS) is 17.7. The lowest BCUT2D eigenvalue weighted by Crippen LogP contribution is -2.47. The molecule has 6 nitrogen and oxygen atoms in total. The van der Waals surface area contributed by atoms with Crippen molar-refractivity contribution in [2.24, 2.45) is 0 Å². The number of nitrogens with zero attached hydrogens (tertiary/aromatic N) is 4. The number of para-hydroxylation sites is 1. The molecule has 0 spiro atoms. The summed E-state index contributed by atoms with van der Waals surface area (Å²) < 4.78 is 26.4. The second-order valence-corrected chi connectivity index (χ2v) is 7.55. The van der Waals surface area contributed by atoms with Crippen LogP contribution in [-0.4, -0.2) is 59.8 Å². The molecule has 2 heterocycles. The quantitative estimate of drug-likeness (QED) is 0.841. The maximum absolute atomic E-state index is 11.5. The molecular formula is C15H20N4O2S. The average molecular weight is 320 g/mol. The smallest absolute Gasteiger partial charge is 0.211 e. The molecule has 0 bridgehead atoms. The van der Waals surface area contributed by atoms with Crippen LogP contribution in [-0.2, 0) is 16.6 Å². The molecule has 1 saturated heterocycles. The van der Waals surface area contributed by atoms with E-state index in [4.69, 9.17) is 0 Å². The minimum absolute atomic E-state index is 0.561. The van der Waals surface area contributed by atoms with E-state index in [1.165, 1.54) is 10.6 Å². The molecule has 1 aliphatic rings. The molecule has 1 aromatic carbocycles. The molecule has 1 fully saturated rings. The third kappa shape index (κ3) is 3.55. The van der Waals surface area contributed by atoms with E-state index in [0.29, 0.717) is 13.1 Å². The van der Waals surface area contributed by atoms with Crippen molar-refractivity contribution >= 4 is 10.0 Å². The van der Waals surface area contributed by atoms with Gasteiger partial charge in [-0.25, -0.2) is 13.1 Å². The molecule has 0 atom stereocenters. The molecule has 1 aliphatic heterocycles. The van der Waals surface area contributed by atoms with Crippen LogP contribution in [0.15, 0.2) is 42.7 Å². The van der Waals surface area contributed by atoms with Crippen LogP contribution in [0.5, 0.6) is 0 Å². The van der Waals surface area contributed by atoms with E-state index in [9.17, 15) is 8.42 Å². The van der Waals surface area contributed by atoms with Crippen molar-refractivity contribution in [3.63, 3.8) is 0 Å². The van der Waals surface area contributed by atoms with Gasteiger partial charge in [0.05, 0.1) is 18.1 Å². The van der Waals surface area contributed by atoms with E-state index >= 15 is 0 Å². The first-order valence-electron chi connectivity index (χ1n) is 7.29. The molecule has 0 unspecified atom stereocenters. The van der Waals surface area contributed by atoms with Crippen molar-refractivity contribution < 1.29 is 8.42 Å². The summed E-state index contributed by atoms with van der Waals surface area (Å²) in [5.41, 5.74) is 2.17. The van der Waals surface area contributed by atoms with Gasteiger partial charge in [-0.3, -0.25) is 4.90 Å². The van der Waals surface area contributed by atoms with Crippen molar-refractivity contribution in [2.75, 3.05) is 32.4 Å². The second kappa shape index (κ2) is 6.20. The summed E-state index contributed by atoms with van der Waals surface area (Å²) in [7, 11) is -3.06. The van der Waals surface area contributed by atoms with Crippen molar-refractivity contribution in [2.45, 2.75) is 6.54 Å². The number of hydrogen-bond donors (Lipinski definition) is 0. The Balaban J connectivity index is 1.60. The molecule has 3 rings (SSSR count). The van der Waals surface area contributed by atoms with Crippen LogP contribution >= 0.6 is 0 Å². The van der Waals surface area contributed by atoms with Gasteiger partial charge >= 0.3 is 0 Å². The predicted molar refractivity (Wildman–Crippen MR) is 85.3 cm³/mol. The molecular weight excluding hydrogens is 300 g/mol. The van der Waals surface area contributed by atoms with Crippen LogP contribution < -0.4 is 0 Å². The van der Waals surface area contributed by atoms with Crippen molar-refractivity contribution in [3.05, 3.63) is 48.3 Å². The Morgan fingerprint density at radius 2 is 1.77 bits per heavy atom. The largest absolute Gasteiger partial charge is 0.296 e. The highest BCUT2D eigenvalue weighted by Crippen LogP contribution is 2.12. The lowest BCUT2D eigenvalue weighted by Gasteiger charge is -2.32. The van der Waals surface area contributed by atoms with Gasteiger partial charge in [-0.05, 0) is 12.1 Å². The van der Waals surface area contributed by atoms with Gasteiger partial charge in [0.2, 0.25) is 10.0 Å². The van der Waals surface area contributed by atoms with Gasteiger partial charge in [0, 0.05) is 44.5 Å². The Hall–Kier alpha value is -1.70. The van der Waals surface area contributed by atoms with Crippen molar-refractivity contribution in [1.82, 2.24) is 19.0 Å². The molecule has 0 radical (unpaired) electrons. The van der Waals surface area contributed by atoms with Gasteiger partial charge in [0.15, 0.2) is 0 Å². The molecule has 118 valence electrons. The molecule has 22 heavy (non-hydrogen) atoms. The summed E-state index contributed by atoms with van der Waals surface area (Å²) in [6.07, 6.45) is 5.17. The molecule has 7 heteroatoms. The third-order valence-electron chi connectivity index (χ3n) is 3.86. The van der Waals surface area contributed by atoms with Crippen molar-refractivity contribution in [1.29, 1.82) is 0 Å². The van der Waals surface area contributed by atoms with Gasteiger partial charge in [-0.15, -0.1) is 0 Å². The summed E-state index contributed by atoms with van der Waals surface area (Å²) in [5, 5.41) is 4.39. The highest BCUT2D eigenvalue weighted by molar-refractivity contribution is 7.88. The van der Waals surface area contributed by atoms with Gasteiger partial charge in [0.1, 0.15) is 0 Å². The molecule has 2 aromatic rings. The monoisotopic (exact) mass is 320 g/mol. The van der Waals surface area contributed by atoms with E-state index in [0.717, 1.165) is 30.9 Å². The summed E-state index contributed by atoms with van der Waals surface area (Å²) in [5.74, 6) is 0. The van der Waals surface area contributed by atoms with Gasteiger partial charge < -0.3 is 0 Å². The Morgan fingerprint density at radius 1 is 1.09 bits per heavy atom. The summed E-state index contributed by atoms with van der Waals surface area (Å²) in [6.45, 7) is 3.43. The van der Waals surface area contributed by atoms with Crippen LogP contribution in [0.1, 0.15) is 5.56 Å². The number of sulfonamides is 1. The van der Waals surface area contributed by atoms with Gasteiger partial charge in [0.25, 0.3) is 0 Å². The van der Waals surface area contributed by atoms with E-state index in [1.54, 1.807) is 0 Å². The first-order chi connectivity index (χ1) is 10.5. The number of piperazine rings is 1. The molecule has 0 saturated carbocycles. The van der Waals surface area contributed by atoms with Crippen molar-refractivity contribution in [3.8, 4) is 5.69 Å². The zero-order valence-electron chi connectivity index (χ0n) is 12.6. The Morgan fingerprint density at radius 3 is 2.41 bits per heavy atom. The fourth-order valence-corrected chi connectivity index (χ4v) is 3.47. The van der Waals surface area contributed by atoms with Gasteiger partial charge in [-0.1, -0.05) is 18.2 Å². The van der Waals surface area contributed by atoms with E-state index < -0.39 is 10.0 Å². The standard InChI is InChI=1S/C15H20N4O2S/c1-22(20,21)18-9-7-17(8-10-18)12-14-11-16-19(13-14)15-5-3-2-4-6-15/h2-6,11,13H,7-10,12H2,1H3.